The van der Waals surface area contributed by atoms with Crippen LogP contribution in [0.2, 0.25) is 5.02 Å². The summed E-state index contributed by atoms with van der Waals surface area (Å²) >= 11 is 5.82. The molecule has 1 aromatic carbocycles. The first-order valence-corrected chi connectivity index (χ1v) is 5.76. The predicted octanol–water partition coefficient (Wildman–Crippen LogP) is 2.29. The first-order chi connectivity index (χ1) is 7.99. The number of aryl methyl sites for hydroxylation is 1. The third-order valence-corrected chi connectivity index (χ3v) is 2.64. The average molecular weight is 258 g/mol. The van der Waals surface area contributed by atoms with Gasteiger partial charge in [0, 0.05) is 23.7 Å². The van der Waals surface area contributed by atoms with Crippen LogP contribution >= 0.6 is 11.6 Å². The number of anilines is 1. The zero-order valence-electron chi connectivity index (χ0n) is 9.61. The molecule has 0 amide bonds. The second kappa shape index (κ2) is 6.47. The van der Waals surface area contributed by atoms with Crippen LogP contribution in [-0.4, -0.2) is 28.8 Å². The van der Waals surface area contributed by atoms with Crippen molar-refractivity contribution in [2.24, 2.45) is 0 Å². The van der Waals surface area contributed by atoms with Crippen molar-refractivity contribution in [1.82, 2.24) is 0 Å². The molecule has 0 aliphatic carbocycles. The molecule has 17 heavy (non-hydrogen) atoms. The quantitative estimate of drug-likeness (QED) is 0.731. The van der Waals surface area contributed by atoms with E-state index in [1.54, 1.807) is 6.07 Å². The number of aliphatic hydroxyl groups is 1. The Morgan fingerprint density at radius 2 is 2.24 bits per heavy atom. The molecule has 1 unspecified atom stereocenters. The van der Waals surface area contributed by atoms with Gasteiger partial charge in [-0.15, -0.1) is 0 Å². The molecule has 0 aliphatic rings. The summed E-state index contributed by atoms with van der Waals surface area (Å²) in [5.74, 6) is -0.897. The van der Waals surface area contributed by atoms with E-state index in [1.807, 2.05) is 19.1 Å². The largest absolute Gasteiger partial charge is 0.481 e. The van der Waals surface area contributed by atoms with Crippen LogP contribution < -0.4 is 5.32 Å². The Bertz CT molecular complexity index is 395. The van der Waals surface area contributed by atoms with Gasteiger partial charge in [-0.2, -0.15) is 0 Å². The zero-order valence-corrected chi connectivity index (χ0v) is 10.4. The number of carboxylic acid groups (broad SMARTS) is 1. The zero-order chi connectivity index (χ0) is 12.8. The minimum atomic E-state index is -0.897. The van der Waals surface area contributed by atoms with Gasteiger partial charge in [-0.3, -0.25) is 4.79 Å². The minimum Gasteiger partial charge on any atom is -0.481 e. The summed E-state index contributed by atoms with van der Waals surface area (Å²) < 4.78 is 0. The van der Waals surface area contributed by atoms with Gasteiger partial charge in [0.25, 0.3) is 0 Å². The maximum absolute atomic E-state index is 10.3. The summed E-state index contributed by atoms with van der Waals surface area (Å²) in [7, 11) is 0. The number of carboxylic acids is 1. The summed E-state index contributed by atoms with van der Waals surface area (Å²) in [4.78, 5) is 10.3. The van der Waals surface area contributed by atoms with Crippen LogP contribution in [0, 0.1) is 6.92 Å². The SMILES string of the molecule is Cc1cc(Cl)ccc1NCC(O)CCC(=O)O. The number of aliphatic hydroxyl groups excluding tert-OH is 1. The molecule has 1 atom stereocenters. The Morgan fingerprint density at radius 1 is 1.53 bits per heavy atom. The molecule has 5 heteroatoms. The number of rotatable bonds is 6. The Balaban J connectivity index is 2.41. The van der Waals surface area contributed by atoms with Crippen LogP contribution in [0.5, 0.6) is 0 Å². The van der Waals surface area contributed by atoms with Crippen molar-refractivity contribution in [2.75, 3.05) is 11.9 Å². The summed E-state index contributed by atoms with van der Waals surface area (Å²) in [5, 5.41) is 21.8. The number of halogens is 1. The van der Waals surface area contributed by atoms with Crippen LogP contribution in [0.3, 0.4) is 0 Å². The Hall–Kier alpha value is -1.26. The van der Waals surface area contributed by atoms with Gasteiger partial charge in [0.15, 0.2) is 0 Å². The molecular formula is C12H16ClNO3. The molecule has 1 rings (SSSR count). The molecule has 0 heterocycles. The Kier molecular flexibility index (Phi) is 5.25. The molecular weight excluding hydrogens is 242 g/mol. The van der Waals surface area contributed by atoms with E-state index < -0.39 is 12.1 Å². The first kappa shape index (κ1) is 13.8. The number of carbonyl (C=O) groups is 1. The van der Waals surface area contributed by atoms with Crippen LogP contribution in [0.4, 0.5) is 5.69 Å². The number of benzene rings is 1. The van der Waals surface area contributed by atoms with Gasteiger partial charge in [0.2, 0.25) is 0 Å². The highest BCUT2D eigenvalue weighted by Crippen LogP contribution is 2.19. The van der Waals surface area contributed by atoms with Crippen molar-refractivity contribution >= 4 is 23.3 Å². The van der Waals surface area contributed by atoms with E-state index in [0.717, 1.165) is 11.3 Å². The molecule has 0 radical (unpaired) electrons. The second-order valence-corrected chi connectivity index (χ2v) is 4.36. The highest BCUT2D eigenvalue weighted by molar-refractivity contribution is 6.30. The summed E-state index contributed by atoms with van der Waals surface area (Å²) in [6.45, 7) is 2.24. The molecule has 4 nitrogen and oxygen atoms in total. The fourth-order valence-electron chi connectivity index (χ4n) is 1.45. The van der Waals surface area contributed by atoms with Gasteiger partial charge < -0.3 is 15.5 Å². The monoisotopic (exact) mass is 257 g/mol. The van der Waals surface area contributed by atoms with E-state index in [2.05, 4.69) is 5.32 Å². The number of hydrogen-bond donors (Lipinski definition) is 3. The lowest BCUT2D eigenvalue weighted by Crippen LogP contribution is -2.20. The molecule has 0 aromatic heterocycles. The second-order valence-electron chi connectivity index (χ2n) is 3.93. The number of nitrogens with one attached hydrogen (secondary N) is 1. The average Bonchev–Trinajstić information content (AvgIpc) is 2.25. The fraction of sp³-hybridized carbons (Fsp3) is 0.417. The normalized spacial score (nSPS) is 12.2. The van der Waals surface area contributed by atoms with Gasteiger partial charge in [-0.25, -0.2) is 0 Å². The highest BCUT2D eigenvalue weighted by atomic mass is 35.5. The van der Waals surface area contributed by atoms with Crippen molar-refractivity contribution < 1.29 is 15.0 Å². The molecule has 0 bridgehead atoms. The van der Waals surface area contributed by atoms with Gasteiger partial charge in [0.1, 0.15) is 0 Å². The Labute approximate surface area is 105 Å². The lowest BCUT2D eigenvalue weighted by Gasteiger charge is -2.13. The topological polar surface area (TPSA) is 69.6 Å². The lowest BCUT2D eigenvalue weighted by molar-refractivity contribution is -0.137. The van der Waals surface area contributed by atoms with Crippen LogP contribution in [0.1, 0.15) is 18.4 Å². The summed E-state index contributed by atoms with van der Waals surface area (Å²) in [5.41, 5.74) is 1.88. The lowest BCUT2D eigenvalue weighted by atomic mass is 10.1. The summed E-state index contributed by atoms with van der Waals surface area (Å²) in [6.07, 6.45) is -0.446. The number of hydrogen-bond acceptors (Lipinski definition) is 3. The van der Waals surface area contributed by atoms with E-state index in [4.69, 9.17) is 16.7 Å². The first-order valence-electron chi connectivity index (χ1n) is 5.39. The van der Waals surface area contributed by atoms with Crippen molar-refractivity contribution in [3.8, 4) is 0 Å². The smallest absolute Gasteiger partial charge is 0.303 e. The van der Waals surface area contributed by atoms with E-state index in [9.17, 15) is 9.90 Å². The minimum absolute atomic E-state index is 0.0254. The number of aliphatic carboxylic acids is 1. The van der Waals surface area contributed by atoms with E-state index in [-0.39, 0.29) is 12.8 Å². The fourth-order valence-corrected chi connectivity index (χ4v) is 1.67. The van der Waals surface area contributed by atoms with Crippen molar-refractivity contribution in [3.63, 3.8) is 0 Å². The van der Waals surface area contributed by atoms with E-state index in [0.29, 0.717) is 11.6 Å². The standard InChI is InChI=1S/C12H16ClNO3/c1-8-6-9(13)2-4-11(8)14-7-10(15)3-5-12(16)17/h2,4,6,10,14-15H,3,5,7H2,1H3,(H,16,17). The molecule has 0 spiro atoms. The van der Waals surface area contributed by atoms with Crippen LogP contribution in [0.15, 0.2) is 18.2 Å². The van der Waals surface area contributed by atoms with E-state index >= 15 is 0 Å². The molecule has 0 fully saturated rings. The summed E-state index contributed by atoms with van der Waals surface area (Å²) in [6, 6.07) is 5.43. The van der Waals surface area contributed by atoms with Gasteiger partial charge in [0.05, 0.1) is 6.10 Å². The van der Waals surface area contributed by atoms with Crippen molar-refractivity contribution in [3.05, 3.63) is 28.8 Å². The molecule has 94 valence electrons. The molecule has 3 N–H and O–H groups in total. The Morgan fingerprint density at radius 3 is 2.82 bits per heavy atom. The van der Waals surface area contributed by atoms with Gasteiger partial charge in [-0.1, -0.05) is 11.6 Å². The van der Waals surface area contributed by atoms with Crippen molar-refractivity contribution in [1.29, 1.82) is 0 Å². The maximum atomic E-state index is 10.3. The molecule has 0 saturated carbocycles. The van der Waals surface area contributed by atoms with Gasteiger partial charge in [-0.05, 0) is 37.1 Å². The van der Waals surface area contributed by atoms with Crippen LogP contribution in [-0.2, 0) is 4.79 Å². The van der Waals surface area contributed by atoms with Crippen LogP contribution in [0.25, 0.3) is 0 Å². The maximum Gasteiger partial charge on any atom is 0.303 e. The highest BCUT2D eigenvalue weighted by Gasteiger charge is 2.07. The predicted molar refractivity (Wildman–Crippen MR) is 67.6 cm³/mol. The van der Waals surface area contributed by atoms with Gasteiger partial charge >= 0.3 is 5.97 Å². The molecule has 1 aromatic rings. The third kappa shape index (κ3) is 5.06. The molecule has 0 saturated heterocycles. The molecule has 0 aliphatic heterocycles. The van der Waals surface area contributed by atoms with Crippen molar-refractivity contribution in [2.45, 2.75) is 25.9 Å². The third-order valence-electron chi connectivity index (χ3n) is 2.41. The van der Waals surface area contributed by atoms with E-state index in [1.165, 1.54) is 0 Å².